The van der Waals surface area contributed by atoms with Crippen LogP contribution in [0.3, 0.4) is 0 Å². The topological polar surface area (TPSA) is 73.9 Å². The summed E-state index contributed by atoms with van der Waals surface area (Å²) in [6.45, 7) is 3.97. The van der Waals surface area contributed by atoms with Gasteiger partial charge in [-0.25, -0.2) is 4.79 Å². The van der Waals surface area contributed by atoms with Gasteiger partial charge in [-0.1, -0.05) is 32.0 Å². The molecule has 0 radical (unpaired) electrons. The van der Waals surface area contributed by atoms with Gasteiger partial charge in [-0.2, -0.15) is 0 Å². The Kier molecular flexibility index (Phi) is 5.41. The molecular formula is C20H21NO5. The van der Waals surface area contributed by atoms with Crippen LogP contribution in [0.5, 0.6) is 11.5 Å². The summed E-state index contributed by atoms with van der Waals surface area (Å²) in [7, 11) is 0. The Hall–Kier alpha value is -3.02. The summed E-state index contributed by atoms with van der Waals surface area (Å²) < 4.78 is 15.5. The van der Waals surface area contributed by atoms with Crippen molar-refractivity contribution in [2.75, 3.05) is 18.7 Å². The first-order valence-electron chi connectivity index (χ1n) is 8.54. The number of rotatable bonds is 6. The fraction of sp³-hybridized carbons (Fsp3) is 0.300. The van der Waals surface area contributed by atoms with E-state index in [1.54, 1.807) is 18.2 Å². The smallest absolute Gasteiger partial charge is 0.338 e. The van der Waals surface area contributed by atoms with E-state index < -0.39 is 5.97 Å². The minimum atomic E-state index is -0.589. The fourth-order valence-corrected chi connectivity index (χ4v) is 2.68. The number of para-hydroxylation sites is 1. The highest BCUT2D eigenvalue weighted by Crippen LogP contribution is 2.32. The lowest BCUT2D eigenvalue weighted by molar-refractivity contribution is -0.119. The molecule has 3 rings (SSSR count). The molecule has 1 atom stereocenters. The van der Waals surface area contributed by atoms with E-state index in [1.807, 2.05) is 24.3 Å². The van der Waals surface area contributed by atoms with Crippen molar-refractivity contribution < 1.29 is 23.8 Å². The Morgan fingerprint density at radius 1 is 1.15 bits per heavy atom. The van der Waals surface area contributed by atoms with Crippen molar-refractivity contribution in [3.05, 3.63) is 53.6 Å². The highest BCUT2D eigenvalue weighted by atomic mass is 16.7. The molecule has 0 aromatic heterocycles. The van der Waals surface area contributed by atoms with Crippen molar-refractivity contribution >= 4 is 17.6 Å². The molecule has 136 valence electrons. The number of esters is 1. The van der Waals surface area contributed by atoms with E-state index in [2.05, 4.69) is 19.2 Å². The number of anilines is 1. The van der Waals surface area contributed by atoms with Crippen molar-refractivity contribution in [1.82, 2.24) is 0 Å². The molecule has 0 unspecified atom stereocenters. The number of ether oxygens (including phenoxy) is 3. The van der Waals surface area contributed by atoms with Crippen LogP contribution in [0.1, 0.15) is 42.1 Å². The van der Waals surface area contributed by atoms with Crippen molar-refractivity contribution in [2.24, 2.45) is 0 Å². The minimum Gasteiger partial charge on any atom is -0.454 e. The van der Waals surface area contributed by atoms with Crippen LogP contribution in [0, 0.1) is 0 Å². The van der Waals surface area contributed by atoms with Gasteiger partial charge >= 0.3 is 5.97 Å². The van der Waals surface area contributed by atoms with Gasteiger partial charge in [0.1, 0.15) is 0 Å². The molecule has 1 N–H and O–H groups in total. The van der Waals surface area contributed by atoms with E-state index in [1.165, 1.54) is 0 Å². The predicted octanol–water partition coefficient (Wildman–Crippen LogP) is 3.72. The Labute approximate surface area is 152 Å². The van der Waals surface area contributed by atoms with Crippen molar-refractivity contribution in [1.29, 1.82) is 0 Å². The summed E-state index contributed by atoms with van der Waals surface area (Å²) in [5.74, 6) is 0.429. The number of fused-ring (bicyclic) bond motifs is 1. The Morgan fingerprint density at radius 3 is 2.73 bits per heavy atom. The van der Waals surface area contributed by atoms with Crippen molar-refractivity contribution in [3.8, 4) is 11.5 Å². The molecule has 0 aliphatic carbocycles. The lowest BCUT2D eigenvalue weighted by Gasteiger charge is -2.15. The third kappa shape index (κ3) is 3.96. The number of hydrogen-bond acceptors (Lipinski definition) is 5. The van der Waals surface area contributed by atoms with Gasteiger partial charge in [0.2, 0.25) is 6.79 Å². The van der Waals surface area contributed by atoms with Gasteiger partial charge in [0.15, 0.2) is 18.1 Å². The molecule has 1 amide bonds. The van der Waals surface area contributed by atoms with Crippen LogP contribution in [0.4, 0.5) is 5.69 Å². The number of nitrogens with one attached hydrogen (secondary N) is 1. The van der Waals surface area contributed by atoms with Gasteiger partial charge in [0.25, 0.3) is 5.91 Å². The molecular weight excluding hydrogens is 334 g/mol. The van der Waals surface area contributed by atoms with Crippen LogP contribution in [-0.2, 0) is 9.53 Å². The molecule has 0 saturated carbocycles. The number of benzene rings is 2. The van der Waals surface area contributed by atoms with Crippen molar-refractivity contribution in [3.63, 3.8) is 0 Å². The van der Waals surface area contributed by atoms with E-state index in [0.29, 0.717) is 23.0 Å². The third-order valence-electron chi connectivity index (χ3n) is 4.32. The van der Waals surface area contributed by atoms with Gasteiger partial charge in [-0.3, -0.25) is 4.79 Å². The van der Waals surface area contributed by atoms with Crippen LogP contribution in [0.25, 0.3) is 0 Å². The number of amides is 1. The van der Waals surface area contributed by atoms with Gasteiger partial charge in [-0.15, -0.1) is 0 Å². The summed E-state index contributed by atoms with van der Waals surface area (Å²) in [4.78, 5) is 24.3. The lowest BCUT2D eigenvalue weighted by atomic mass is 9.97. The van der Waals surface area contributed by atoms with E-state index in [9.17, 15) is 9.59 Å². The molecule has 0 saturated heterocycles. The highest BCUT2D eigenvalue weighted by Gasteiger charge is 2.18. The average Bonchev–Trinajstić information content (AvgIpc) is 3.13. The molecule has 2 aromatic rings. The first kappa shape index (κ1) is 17.8. The molecule has 0 fully saturated rings. The first-order valence-corrected chi connectivity index (χ1v) is 8.54. The molecule has 1 aliphatic heterocycles. The van der Waals surface area contributed by atoms with Crippen LogP contribution < -0.4 is 14.8 Å². The van der Waals surface area contributed by atoms with E-state index in [-0.39, 0.29) is 19.3 Å². The molecule has 1 aliphatic rings. The molecule has 2 aromatic carbocycles. The number of hydrogen-bond donors (Lipinski definition) is 1. The second kappa shape index (κ2) is 7.91. The fourth-order valence-electron chi connectivity index (χ4n) is 2.68. The molecule has 6 heteroatoms. The molecule has 26 heavy (non-hydrogen) atoms. The molecule has 0 bridgehead atoms. The largest absolute Gasteiger partial charge is 0.454 e. The van der Waals surface area contributed by atoms with Gasteiger partial charge in [0, 0.05) is 5.69 Å². The highest BCUT2D eigenvalue weighted by molar-refractivity contribution is 5.96. The zero-order valence-electron chi connectivity index (χ0n) is 14.8. The van der Waals surface area contributed by atoms with Gasteiger partial charge in [0.05, 0.1) is 5.56 Å². The third-order valence-corrected chi connectivity index (χ3v) is 4.32. The number of carbonyl (C=O) groups excluding carboxylic acids is 2. The quantitative estimate of drug-likeness (QED) is 0.800. The number of carbonyl (C=O) groups is 2. The SMILES string of the molecule is CC[C@H](C)c1ccccc1NC(=O)COC(=O)c1ccc2c(c1)OCO2. The van der Waals surface area contributed by atoms with E-state index >= 15 is 0 Å². The predicted molar refractivity (Wildman–Crippen MR) is 96.6 cm³/mol. The Balaban J connectivity index is 1.58. The molecule has 6 nitrogen and oxygen atoms in total. The van der Waals surface area contributed by atoms with Gasteiger partial charge < -0.3 is 19.5 Å². The summed E-state index contributed by atoms with van der Waals surface area (Å²) in [6.07, 6.45) is 0.964. The summed E-state index contributed by atoms with van der Waals surface area (Å²) in [5, 5.41) is 2.81. The van der Waals surface area contributed by atoms with Gasteiger partial charge in [-0.05, 0) is 42.2 Å². The van der Waals surface area contributed by atoms with Crippen LogP contribution >= 0.6 is 0 Å². The average molecular weight is 355 g/mol. The van der Waals surface area contributed by atoms with Crippen LogP contribution in [0.2, 0.25) is 0 Å². The molecule has 0 spiro atoms. The Morgan fingerprint density at radius 2 is 1.92 bits per heavy atom. The summed E-state index contributed by atoms with van der Waals surface area (Å²) in [5.41, 5.74) is 2.11. The molecule has 1 heterocycles. The maximum atomic E-state index is 12.2. The summed E-state index contributed by atoms with van der Waals surface area (Å²) >= 11 is 0. The first-order chi connectivity index (χ1) is 12.6. The van der Waals surface area contributed by atoms with Crippen molar-refractivity contribution in [2.45, 2.75) is 26.2 Å². The zero-order valence-corrected chi connectivity index (χ0v) is 14.8. The normalized spacial score (nSPS) is 13.2. The van der Waals surface area contributed by atoms with E-state index in [0.717, 1.165) is 17.7 Å². The maximum Gasteiger partial charge on any atom is 0.338 e. The minimum absolute atomic E-state index is 0.131. The summed E-state index contributed by atoms with van der Waals surface area (Å²) in [6, 6.07) is 12.4. The zero-order chi connectivity index (χ0) is 18.5. The monoisotopic (exact) mass is 355 g/mol. The Bertz CT molecular complexity index is 818. The van der Waals surface area contributed by atoms with Crippen LogP contribution in [-0.4, -0.2) is 25.3 Å². The lowest BCUT2D eigenvalue weighted by Crippen LogP contribution is -2.21. The van der Waals surface area contributed by atoms with Crippen LogP contribution in [0.15, 0.2) is 42.5 Å². The second-order valence-electron chi connectivity index (χ2n) is 6.09. The standard InChI is InChI=1S/C20H21NO5/c1-3-13(2)15-6-4-5-7-16(15)21-19(22)11-24-20(23)14-8-9-17-18(10-14)26-12-25-17/h4-10,13H,3,11-12H2,1-2H3,(H,21,22)/t13-/m0/s1. The van der Waals surface area contributed by atoms with E-state index in [4.69, 9.17) is 14.2 Å². The maximum absolute atomic E-state index is 12.2. The second-order valence-corrected chi connectivity index (χ2v) is 6.09.